The molecule has 0 atom stereocenters. The largest absolute Gasteiger partial charge is 0.480 e. The van der Waals surface area contributed by atoms with Crippen LogP contribution in [0.15, 0.2) is 24.3 Å². The standard InChI is InChI=1S/C17H19ClN2O3/c1-5-23-17(21)13-14(10(2)3)19-15(20-16(13)22-4)11-6-8-12(18)9-7-11/h6-10H,5H2,1-4H3. The highest BCUT2D eigenvalue weighted by atomic mass is 35.5. The van der Waals surface area contributed by atoms with Crippen molar-refractivity contribution in [1.29, 1.82) is 0 Å². The quantitative estimate of drug-likeness (QED) is 0.770. The fraction of sp³-hybridized carbons (Fsp3) is 0.353. The fourth-order valence-corrected chi connectivity index (χ4v) is 2.27. The van der Waals surface area contributed by atoms with E-state index in [1.165, 1.54) is 7.11 Å². The lowest BCUT2D eigenvalue weighted by molar-refractivity contribution is 0.0519. The number of benzene rings is 1. The molecule has 0 aliphatic heterocycles. The van der Waals surface area contributed by atoms with Crippen molar-refractivity contribution in [2.75, 3.05) is 13.7 Å². The molecule has 1 aromatic carbocycles. The first-order valence-electron chi connectivity index (χ1n) is 7.36. The van der Waals surface area contributed by atoms with Crippen molar-refractivity contribution in [2.45, 2.75) is 26.7 Å². The number of carbonyl (C=O) groups is 1. The van der Waals surface area contributed by atoms with Crippen LogP contribution in [0.2, 0.25) is 5.02 Å². The van der Waals surface area contributed by atoms with Gasteiger partial charge in [-0.15, -0.1) is 0 Å². The molecule has 1 heterocycles. The summed E-state index contributed by atoms with van der Waals surface area (Å²) < 4.78 is 10.4. The van der Waals surface area contributed by atoms with Gasteiger partial charge in [0.15, 0.2) is 5.82 Å². The van der Waals surface area contributed by atoms with E-state index in [0.717, 1.165) is 5.56 Å². The van der Waals surface area contributed by atoms with E-state index >= 15 is 0 Å². The maximum atomic E-state index is 12.2. The van der Waals surface area contributed by atoms with Gasteiger partial charge in [0, 0.05) is 10.6 Å². The lowest BCUT2D eigenvalue weighted by atomic mass is 10.0. The van der Waals surface area contributed by atoms with Crippen LogP contribution in [0.25, 0.3) is 11.4 Å². The molecule has 0 unspecified atom stereocenters. The SMILES string of the molecule is CCOC(=O)c1c(OC)nc(-c2ccc(Cl)cc2)nc1C(C)C. The first-order valence-corrected chi connectivity index (χ1v) is 7.74. The third-order valence-electron chi connectivity index (χ3n) is 3.23. The number of rotatable bonds is 5. The molecule has 0 saturated heterocycles. The van der Waals surface area contributed by atoms with E-state index in [1.807, 2.05) is 26.0 Å². The molecule has 0 amide bonds. The zero-order valence-electron chi connectivity index (χ0n) is 13.6. The van der Waals surface area contributed by atoms with Crippen molar-refractivity contribution in [3.63, 3.8) is 0 Å². The number of nitrogens with zero attached hydrogens (tertiary/aromatic N) is 2. The molecular weight excluding hydrogens is 316 g/mol. The Hall–Kier alpha value is -2.14. The van der Waals surface area contributed by atoms with E-state index in [1.54, 1.807) is 19.1 Å². The smallest absolute Gasteiger partial charge is 0.345 e. The molecule has 0 aliphatic rings. The van der Waals surface area contributed by atoms with Gasteiger partial charge in [-0.05, 0) is 37.1 Å². The van der Waals surface area contributed by atoms with E-state index in [-0.39, 0.29) is 24.0 Å². The number of hydrogen-bond donors (Lipinski definition) is 0. The Morgan fingerprint density at radius 1 is 1.22 bits per heavy atom. The molecule has 23 heavy (non-hydrogen) atoms. The van der Waals surface area contributed by atoms with Gasteiger partial charge in [0.1, 0.15) is 5.56 Å². The van der Waals surface area contributed by atoms with E-state index in [4.69, 9.17) is 21.1 Å². The summed E-state index contributed by atoms with van der Waals surface area (Å²) in [6.45, 7) is 5.94. The lowest BCUT2D eigenvalue weighted by Crippen LogP contribution is -2.15. The Morgan fingerprint density at radius 3 is 2.39 bits per heavy atom. The molecular formula is C17H19ClN2O3. The zero-order valence-corrected chi connectivity index (χ0v) is 14.3. The number of carbonyl (C=O) groups excluding carboxylic acids is 1. The highest BCUT2D eigenvalue weighted by Crippen LogP contribution is 2.29. The number of aromatic nitrogens is 2. The number of methoxy groups -OCH3 is 1. The second kappa shape index (κ2) is 7.42. The van der Waals surface area contributed by atoms with Crippen LogP contribution in [0.1, 0.15) is 42.7 Å². The molecule has 6 heteroatoms. The van der Waals surface area contributed by atoms with Crippen molar-refractivity contribution in [3.05, 3.63) is 40.5 Å². The maximum Gasteiger partial charge on any atom is 0.345 e. The second-order valence-electron chi connectivity index (χ2n) is 5.20. The van der Waals surface area contributed by atoms with E-state index < -0.39 is 5.97 Å². The van der Waals surface area contributed by atoms with Crippen LogP contribution in [-0.2, 0) is 4.74 Å². The number of esters is 1. The number of halogens is 1. The van der Waals surface area contributed by atoms with Crippen molar-refractivity contribution in [1.82, 2.24) is 9.97 Å². The van der Waals surface area contributed by atoms with Gasteiger partial charge < -0.3 is 9.47 Å². The summed E-state index contributed by atoms with van der Waals surface area (Å²) in [6.07, 6.45) is 0. The van der Waals surface area contributed by atoms with Gasteiger partial charge in [-0.1, -0.05) is 25.4 Å². The summed E-state index contributed by atoms with van der Waals surface area (Å²) in [5.41, 5.74) is 1.67. The molecule has 1 aromatic heterocycles. The van der Waals surface area contributed by atoms with Crippen LogP contribution < -0.4 is 4.74 Å². The van der Waals surface area contributed by atoms with Crippen molar-refractivity contribution in [2.24, 2.45) is 0 Å². The first-order chi connectivity index (χ1) is 11.0. The topological polar surface area (TPSA) is 61.3 Å². The summed E-state index contributed by atoms with van der Waals surface area (Å²) in [6, 6.07) is 7.18. The minimum atomic E-state index is -0.476. The second-order valence-corrected chi connectivity index (χ2v) is 5.64. The average molecular weight is 335 g/mol. The molecule has 2 aromatic rings. The molecule has 0 N–H and O–H groups in total. The Kier molecular flexibility index (Phi) is 5.55. The predicted octanol–water partition coefficient (Wildman–Crippen LogP) is 4.11. The summed E-state index contributed by atoms with van der Waals surface area (Å²) in [7, 11) is 1.47. The molecule has 2 rings (SSSR count). The summed E-state index contributed by atoms with van der Waals surface area (Å²) in [4.78, 5) is 21.2. The maximum absolute atomic E-state index is 12.2. The molecule has 0 spiro atoms. The molecule has 0 bridgehead atoms. The zero-order chi connectivity index (χ0) is 17.0. The minimum absolute atomic E-state index is 0.0114. The van der Waals surface area contributed by atoms with Crippen LogP contribution in [-0.4, -0.2) is 29.7 Å². The summed E-state index contributed by atoms with van der Waals surface area (Å²) in [5, 5.41) is 0.632. The molecule has 122 valence electrons. The number of ether oxygens (including phenoxy) is 2. The lowest BCUT2D eigenvalue weighted by Gasteiger charge is -2.15. The molecule has 0 saturated carbocycles. The van der Waals surface area contributed by atoms with Gasteiger partial charge in [0.25, 0.3) is 0 Å². The van der Waals surface area contributed by atoms with Gasteiger partial charge in [-0.3, -0.25) is 0 Å². The van der Waals surface area contributed by atoms with Gasteiger partial charge in [0.05, 0.1) is 19.4 Å². The monoisotopic (exact) mass is 334 g/mol. The fourth-order valence-electron chi connectivity index (χ4n) is 2.15. The van der Waals surface area contributed by atoms with E-state index in [0.29, 0.717) is 16.5 Å². The third kappa shape index (κ3) is 3.79. The van der Waals surface area contributed by atoms with Crippen LogP contribution in [0, 0.1) is 0 Å². The van der Waals surface area contributed by atoms with E-state index in [2.05, 4.69) is 9.97 Å². The van der Waals surface area contributed by atoms with Crippen molar-refractivity contribution >= 4 is 17.6 Å². The average Bonchev–Trinajstić information content (AvgIpc) is 2.54. The van der Waals surface area contributed by atoms with Crippen molar-refractivity contribution < 1.29 is 14.3 Å². The molecule has 0 aliphatic carbocycles. The van der Waals surface area contributed by atoms with Gasteiger partial charge in [-0.2, -0.15) is 4.98 Å². The first kappa shape index (κ1) is 17.2. The highest BCUT2D eigenvalue weighted by molar-refractivity contribution is 6.30. The van der Waals surface area contributed by atoms with Crippen LogP contribution >= 0.6 is 11.6 Å². The Balaban J connectivity index is 2.62. The highest BCUT2D eigenvalue weighted by Gasteiger charge is 2.25. The van der Waals surface area contributed by atoms with Crippen LogP contribution in [0.3, 0.4) is 0 Å². The number of hydrogen-bond acceptors (Lipinski definition) is 5. The van der Waals surface area contributed by atoms with Gasteiger partial charge in [0.2, 0.25) is 5.88 Å². The Bertz CT molecular complexity index is 700. The summed E-state index contributed by atoms with van der Waals surface area (Å²) >= 11 is 5.91. The van der Waals surface area contributed by atoms with E-state index in [9.17, 15) is 4.79 Å². The van der Waals surface area contributed by atoms with Crippen molar-refractivity contribution in [3.8, 4) is 17.3 Å². The van der Waals surface area contributed by atoms with Crippen LogP contribution in [0.5, 0.6) is 5.88 Å². The third-order valence-corrected chi connectivity index (χ3v) is 3.48. The van der Waals surface area contributed by atoms with Gasteiger partial charge >= 0.3 is 5.97 Å². The molecule has 0 fully saturated rings. The Morgan fingerprint density at radius 2 is 1.87 bits per heavy atom. The van der Waals surface area contributed by atoms with Crippen LogP contribution in [0.4, 0.5) is 0 Å². The summed E-state index contributed by atoms with van der Waals surface area (Å²) in [5.74, 6) is 0.232. The normalized spacial score (nSPS) is 10.7. The Labute approximate surface area is 140 Å². The molecule has 5 nitrogen and oxygen atoms in total. The van der Waals surface area contributed by atoms with Gasteiger partial charge in [-0.25, -0.2) is 9.78 Å². The minimum Gasteiger partial charge on any atom is -0.480 e. The predicted molar refractivity (Wildman–Crippen MR) is 89.1 cm³/mol. The molecule has 0 radical (unpaired) electrons.